The van der Waals surface area contributed by atoms with Crippen molar-refractivity contribution in [1.82, 2.24) is 20.4 Å². The molecule has 1 amide bonds. The first kappa shape index (κ1) is 26.2. The fourth-order valence-corrected chi connectivity index (χ4v) is 6.43. The van der Waals surface area contributed by atoms with E-state index in [1.807, 2.05) is 42.5 Å². The molecule has 4 atom stereocenters. The molecule has 3 heterocycles. The van der Waals surface area contributed by atoms with E-state index < -0.39 is 16.1 Å². The average molecular weight is 540 g/mol. The Morgan fingerprint density at radius 2 is 1.79 bits per heavy atom. The van der Waals surface area contributed by atoms with Crippen molar-refractivity contribution >= 4 is 21.8 Å². The molecular formula is C27H33N5O5S. The van der Waals surface area contributed by atoms with Crippen LogP contribution in [0.1, 0.15) is 66.9 Å². The van der Waals surface area contributed by atoms with Crippen molar-refractivity contribution in [3.05, 3.63) is 77.4 Å². The third-order valence-electron chi connectivity index (χ3n) is 7.51. The van der Waals surface area contributed by atoms with Gasteiger partial charge >= 0.3 is 6.09 Å². The molecule has 2 aromatic carbocycles. The first-order valence-corrected chi connectivity index (χ1v) is 14.8. The van der Waals surface area contributed by atoms with E-state index in [1.54, 1.807) is 12.1 Å². The van der Waals surface area contributed by atoms with E-state index in [9.17, 15) is 18.3 Å². The van der Waals surface area contributed by atoms with Gasteiger partial charge in [-0.1, -0.05) is 47.6 Å². The monoisotopic (exact) mass is 539 g/mol. The van der Waals surface area contributed by atoms with Crippen LogP contribution in [0.4, 0.5) is 10.5 Å². The molecule has 1 aromatic heterocycles. The number of hydrogen-bond donors (Lipinski definition) is 3. The van der Waals surface area contributed by atoms with E-state index in [0.29, 0.717) is 35.9 Å². The topological polar surface area (TPSA) is 138 Å². The van der Waals surface area contributed by atoms with E-state index in [2.05, 4.69) is 20.1 Å². The molecule has 202 valence electrons. The lowest BCUT2D eigenvalue weighted by Gasteiger charge is -2.38. The fraction of sp³-hybridized carbons (Fsp3) is 0.444. The van der Waals surface area contributed by atoms with Crippen molar-refractivity contribution < 1.29 is 22.8 Å². The summed E-state index contributed by atoms with van der Waals surface area (Å²) in [7, 11) is -3.31. The first-order chi connectivity index (χ1) is 18.2. The van der Waals surface area contributed by atoms with Crippen LogP contribution in [-0.2, 0) is 16.4 Å². The Labute approximate surface area is 222 Å². The Kier molecular flexibility index (Phi) is 7.66. The molecule has 2 fully saturated rings. The number of nitrogens with one attached hydrogen (secondary N) is 2. The van der Waals surface area contributed by atoms with Gasteiger partial charge in [-0.2, -0.15) is 4.98 Å². The number of piperidine rings is 1. The molecule has 11 heteroatoms. The van der Waals surface area contributed by atoms with E-state index in [4.69, 9.17) is 9.51 Å². The van der Waals surface area contributed by atoms with Crippen LogP contribution in [0.15, 0.2) is 59.1 Å². The number of rotatable bonds is 10. The number of amides is 1. The van der Waals surface area contributed by atoms with Crippen molar-refractivity contribution in [2.24, 2.45) is 0 Å². The fourth-order valence-electron chi connectivity index (χ4n) is 5.87. The summed E-state index contributed by atoms with van der Waals surface area (Å²) in [6.45, 7) is 0.834. The third-order valence-corrected chi connectivity index (χ3v) is 8.12. The van der Waals surface area contributed by atoms with Gasteiger partial charge in [-0.05, 0) is 55.4 Å². The zero-order chi connectivity index (χ0) is 26.7. The quantitative estimate of drug-likeness (QED) is 0.350. The maximum absolute atomic E-state index is 11.4. The number of sulfonamides is 1. The number of benzene rings is 2. The van der Waals surface area contributed by atoms with E-state index in [0.717, 1.165) is 56.0 Å². The van der Waals surface area contributed by atoms with Crippen molar-refractivity contribution in [2.75, 3.05) is 17.5 Å². The third kappa shape index (κ3) is 6.51. The second-order valence-corrected chi connectivity index (χ2v) is 12.0. The van der Waals surface area contributed by atoms with Crippen molar-refractivity contribution in [3.63, 3.8) is 0 Å². The van der Waals surface area contributed by atoms with Gasteiger partial charge in [0.05, 0.1) is 12.3 Å². The lowest BCUT2D eigenvalue weighted by atomic mass is 9.90. The molecule has 5 rings (SSSR count). The number of aromatic nitrogens is 2. The minimum Gasteiger partial charge on any atom is -0.465 e. The van der Waals surface area contributed by atoms with E-state index in [1.165, 1.54) is 0 Å². The van der Waals surface area contributed by atoms with Gasteiger partial charge in [0.25, 0.3) is 0 Å². The SMILES string of the molecule is CS(=O)(=O)Nc1ccc(Cc2noc([C@@H]3C[C@H]4CC[C@@H](C3)N4CC[C@H](NC(=O)O)c3ccccc3)n2)cc1. The first-order valence-electron chi connectivity index (χ1n) is 12.9. The number of hydrogen-bond acceptors (Lipinski definition) is 7. The van der Waals surface area contributed by atoms with Crippen LogP contribution in [0, 0.1) is 0 Å². The smallest absolute Gasteiger partial charge is 0.405 e. The molecule has 0 aliphatic carbocycles. The van der Waals surface area contributed by atoms with Crippen LogP contribution in [0.3, 0.4) is 0 Å². The standard InChI is InChI=1S/C27H33N5O5S/c1-38(35,36)31-21-9-7-18(8-10-21)15-25-29-26(37-30-25)20-16-22-11-12-23(17-20)32(22)14-13-24(28-27(33)34)19-5-3-2-4-6-19/h2-10,20,22-24,28,31H,11-17H2,1H3,(H,33,34)/t20-,22-,23+,24-/m0/s1. The summed E-state index contributed by atoms with van der Waals surface area (Å²) in [6, 6.07) is 17.5. The Morgan fingerprint density at radius 1 is 1.11 bits per heavy atom. The van der Waals surface area contributed by atoms with Crippen molar-refractivity contribution in [1.29, 1.82) is 0 Å². The van der Waals surface area contributed by atoms with E-state index >= 15 is 0 Å². The number of nitrogens with zero attached hydrogens (tertiary/aromatic N) is 3. The summed E-state index contributed by atoms with van der Waals surface area (Å²) >= 11 is 0. The molecule has 0 unspecified atom stereocenters. The maximum Gasteiger partial charge on any atom is 0.405 e. The molecule has 0 saturated carbocycles. The van der Waals surface area contributed by atoms with Gasteiger partial charge in [-0.15, -0.1) is 0 Å². The highest BCUT2D eigenvalue weighted by molar-refractivity contribution is 7.92. The van der Waals surface area contributed by atoms with Crippen LogP contribution < -0.4 is 10.0 Å². The van der Waals surface area contributed by atoms with Crippen LogP contribution in [0.5, 0.6) is 0 Å². The minimum absolute atomic E-state index is 0.216. The van der Waals surface area contributed by atoms with Crippen molar-refractivity contribution in [2.45, 2.75) is 62.6 Å². The molecule has 2 aliphatic rings. The average Bonchev–Trinajstić information content (AvgIpc) is 3.43. The van der Waals surface area contributed by atoms with Gasteiger partial charge in [-0.3, -0.25) is 9.62 Å². The summed E-state index contributed by atoms with van der Waals surface area (Å²) in [5.74, 6) is 1.51. The highest BCUT2D eigenvalue weighted by atomic mass is 32.2. The van der Waals surface area contributed by atoms with Gasteiger partial charge in [0.15, 0.2) is 5.82 Å². The second-order valence-electron chi connectivity index (χ2n) is 10.3. The molecule has 3 N–H and O–H groups in total. The highest BCUT2D eigenvalue weighted by Crippen LogP contribution is 2.43. The zero-order valence-corrected chi connectivity index (χ0v) is 22.1. The molecular weight excluding hydrogens is 506 g/mol. The summed E-state index contributed by atoms with van der Waals surface area (Å²) in [4.78, 5) is 18.6. The largest absolute Gasteiger partial charge is 0.465 e. The molecule has 2 aliphatic heterocycles. The number of carbonyl (C=O) groups is 1. The minimum atomic E-state index is -3.31. The van der Waals surface area contributed by atoms with Crippen molar-refractivity contribution in [3.8, 4) is 0 Å². The molecule has 38 heavy (non-hydrogen) atoms. The predicted octanol–water partition coefficient (Wildman–Crippen LogP) is 4.14. The lowest BCUT2D eigenvalue weighted by molar-refractivity contribution is 0.110. The van der Waals surface area contributed by atoms with Gasteiger partial charge in [0, 0.05) is 36.7 Å². The molecule has 10 nitrogen and oxygen atoms in total. The van der Waals surface area contributed by atoms with Crippen LogP contribution in [-0.4, -0.2) is 59.5 Å². The predicted molar refractivity (Wildman–Crippen MR) is 142 cm³/mol. The summed E-state index contributed by atoms with van der Waals surface area (Å²) in [6.07, 6.45) is 5.49. The number of anilines is 1. The van der Waals surface area contributed by atoms with Crippen LogP contribution >= 0.6 is 0 Å². The Bertz CT molecular complexity index is 1330. The second kappa shape index (κ2) is 11.1. The Balaban J connectivity index is 1.18. The van der Waals surface area contributed by atoms with Gasteiger partial charge < -0.3 is 14.9 Å². The highest BCUT2D eigenvalue weighted by Gasteiger charge is 2.42. The van der Waals surface area contributed by atoms with Gasteiger partial charge in [0.1, 0.15) is 0 Å². The molecule has 0 spiro atoms. The summed E-state index contributed by atoms with van der Waals surface area (Å²) in [5.41, 5.74) is 2.46. The lowest BCUT2D eigenvalue weighted by Crippen LogP contribution is -2.43. The molecule has 2 bridgehead atoms. The number of fused-ring (bicyclic) bond motifs is 2. The summed E-state index contributed by atoms with van der Waals surface area (Å²) < 4.78 is 30.9. The normalized spacial score (nSPS) is 22.2. The molecule has 2 saturated heterocycles. The molecule has 3 aromatic rings. The van der Waals surface area contributed by atoms with Crippen LogP contribution in [0.25, 0.3) is 0 Å². The summed E-state index contributed by atoms with van der Waals surface area (Å²) in [5, 5.41) is 16.2. The Hall–Kier alpha value is -3.44. The number of carboxylic acid groups (broad SMARTS) is 1. The zero-order valence-electron chi connectivity index (χ0n) is 21.3. The molecule has 0 radical (unpaired) electrons. The maximum atomic E-state index is 11.4. The Morgan fingerprint density at radius 3 is 2.42 bits per heavy atom. The van der Waals surface area contributed by atoms with Gasteiger partial charge in [0.2, 0.25) is 15.9 Å². The van der Waals surface area contributed by atoms with Gasteiger partial charge in [-0.25, -0.2) is 13.2 Å². The van der Waals surface area contributed by atoms with Crippen LogP contribution in [0.2, 0.25) is 0 Å². The van der Waals surface area contributed by atoms with E-state index in [-0.39, 0.29) is 12.0 Å².